The second-order valence-electron chi connectivity index (χ2n) is 7.71. The topological polar surface area (TPSA) is 64.7 Å². The number of carbonyl (C=O) groups excluding carboxylic acids is 1. The molecule has 0 saturated heterocycles. The fourth-order valence-corrected chi connectivity index (χ4v) is 3.97. The number of hydrogen-bond donors (Lipinski definition) is 1. The van der Waals surface area contributed by atoms with Crippen LogP contribution in [-0.2, 0) is 13.6 Å². The molecular weight excluding hydrogens is 362 g/mol. The number of benzene rings is 2. The molecule has 0 radical (unpaired) electrons. The minimum Gasteiger partial charge on any atom is -0.326 e. The molecule has 1 fully saturated rings. The maximum atomic E-state index is 12.9. The van der Waals surface area contributed by atoms with Gasteiger partial charge in [0.1, 0.15) is 5.69 Å². The molecule has 2 aromatic heterocycles. The lowest BCUT2D eigenvalue weighted by Crippen LogP contribution is -2.20. The number of fused-ring (bicyclic) bond motifs is 1. The summed E-state index contributed by atoms with van der Waals surface area (Å²) in [6.07, 6.45) is 7.23. The van der Waals surface area contributed by atoms with Crippen LogP contribution in [0.25, 0.3) is 11.0 Å². The molecule has 0 bridgehead atoms. The third-order valence-electron chi connectivity index (χ3n) is 5.82. The summed E-state index contributed by atoms with van der Waals surface area (Å²) in [5.41, 5.74) is 5.79. The van der Waals surface area contributed by atoms with Gasteiger partial charge in [0.2, 0.25) is 0 Å². The third-order valence-corrected chi connectivity index (χ3v) is 5.82. The van der Waals surface area contributed by atoms with Gasteiger partial charge in [-0.05, 0) is 48.6 Å². The summed E-state index contributed by atoms with van der Waals surface area (Å²) >= 11 is 0. The van der Waals surface area contributed by atoms with Crippen LogP contribution in [-0.4, -0.2) is 25.2 Å². The van der Waals surface area contributed by atoms with Gasteiger partial charge in [0.15, 0.2) is 0 Å². The number of nitrogens with zero attached hydrogens (tertiary/aromatic N) is 4. The lowest BCUT2D eigenvalue weighted by molar-refractivity contribution is 0.101. The minimum atomic E-state index is -0.0970. The first-order valence-corrected chi connectivity index (χ1v) is 10.0. The molecule has 2 heterocycles. The molecular formula is C23H23N5O. The number of anilines is 1. The highest BCUT2D eigenvalue weighted by molar-refractivity contribution is 6.04. The van der Waals surface area contributed by atoms with Crippen LogP contribution in [0.5, 0.6) is 0 Å². The van der Waals surface area contributed by atoms with Crippen molar-refractivity contribution >= 4 is 22.6 Å². The molecule has 1 N–H and O–H groups in total. The SMILES string of the molecule is Cn1ncc(C2CCC2)c1C(=O)Nc1ccc(Cn2cnc3ccccc32)cc1. The Balaban J connectivity index is 1.31. The standard InChI is InChI=1S/C23H23N5O/c1-27-22(19(13-25-27)17-5-4-6-17)23(29)26-18-11-9-16(10-12-18)14-28-15-24-20-7-2-3-8-21(20)28/h2-3,7-13,15,17H,4-6,14H2,1H3,(H,26,29). The summed E-state index contributed by atoms with van der Waals surface area (Å²) in [4.78, 5) is 17.3. The predicted octanol–water partition coefficient (Wildman–Crippen LogP) is 4.34. The van der Waals surface area contributed by atoms with Crippen molar-refractivity contribution in [2.45, 2.75) is 31.7 Å². The van der Waals surface area contributed by atoms with Crippen molar-refractivity contribution in [2.75, 3.05) is 5.32 Å². The van der Waals surface area contributed by atoms with Crippen LogP contribution in [0.4, 0.5) is 5.69 Å². The maximum Gasteiger partial charge on any atom is 0.274 e. The number of amides is 1. The Morgan fingerprint density at radius 3 is 2.69 bits per heavy atom. The van der Waals surface area contributed by atoms with E-state index in [1.807, 2.05) is 62.0 Å². The fourth-order valence-electron chi connectivity index (χ4n) is 3.97. The Morgan fingerprint density at radius 2 is 1.93 bits per heavy atom. The van der Waals surface area contributed by atoms with Gasteiger partial charge in [0, 0.05) is 24.8 Å². The molecule has 1 saturated carbocycles. The quantitative estimate of drug-likeness (QED) is 0.556. The predicted molar refractivity (Wildman–Crippen MR) is 113 cm³/mol. The molecule has 0 spiro atoms. The monoisotopic (exact) mass is 385 g/mol. The van der Waals surface area contributed by atoms with Crippen LogP contribution in [0.3, 0.4) is 0 Å². The minimum absolute atomic E-state index is 0.0970. The molecule has 4 aromatic rings. The normalized spacial score (nSPS) is 14.1. The average molecular weight is 385 g/mol. The molecule has 0 unspecified atom stereocenters. The van der Waals surface area contributed by atoms with E-state index in [0.29, 0.717) is 11.6 Å². The van der Waals surface area contributed by atoms with Crippen LogP contribution in [0.1, 0.15) is 46.8 Å². The summed E-state index contributed by atoms with van der Waals surface area (Å²) in [5.74, 6) is 0.372. The van der Waals surface area contributed by atoms with Crippen LogP contribution in [0, 0.1) is 0 Å². The first-order valence-electron chi connectivity index (χ1n) is 10.0. The Bertz CT molecular complexity index is 1170. The van der Waals surface area contributed by atoms with Crippen LogP contribution in [0.2, 0.25) is 0 Å². The molecule has 0 atom stereocenters. The molecule has 29 heavy (non-hydrogen) atoms. The second kappa shape index (κ2) is 7.20. The van der Waals surface area contributed by atoms with Crippen molar-refractivity contribution in [3.8, 4) is 0 Å². The summed E-state index contributed by atoms with van der Waals surface area (Å²) in [5, 5.41) is 7.34. The van der Waals surface area contributed by atoms with Crippen molar-refractivity contribution in [2.24, 2.45) is 7.05 Å². The first kappa shape index (κ1) is 17.7. The third kappa shape index (κ3) is 3.31. The molecule has 1 aliphatic rings. The molecule has 1 aliphatic carbocycles. The summed E-state index contributed by atoms with van der Waals surface area (Å²) in [6, 6.07) is 16.1. The van der Waals surface area contributed by atoms with Crippen LogP contribution < -0.4 is 5.32 Å². The maximum absolute atomic E-state index is 12.9. The van der Waals surface area contributed by atoms with E-state index in [1.165, 1.54) is 6.42 Å². The van der Waals surface area contributed by atoms with E-state index in [2.05, 4.69) is 26.0 Å². The van der Waals surface area contributed by atoms with Gasteiger partial charge < -0.3 is 9.88 Å². The fraction of sp³-hybridized carbons (Fsp3) is 0.261. The van der Waals surface area contributed by atoms with E-state index in [1.54, 1.807) is 4.68 Å². The van der Waals surface area contributed by atoms with Gasteiger partial charge in [0.25, 0.3) is 5.91 Å². The van der Waals surface area contributed by atoms with Crippen molar-refractivity contribution in [3.05, 3.63) is 77.9 Å². The summed E-state index contributed by atoms with van der Waals surface area (Å²) in [6.45, 7) is 0.738. The molecule has 6 heteroatoms. The number of imidazole rings is 1. The van der Waals surface area contributed by atoms with E-state index < -0.39 is 0 Å². The number of nitrogens with one attached hydrogen (secondary N) is 1. The number of aryl methyl sites for hydroxylation is 1. The first-order chi connectivity index (χ1) is 14.2. The number of hydrogen-bond acceptors (Lipinski definition) is 3. The van der Waals surface area contributed by atoms with Crippen molar-refractivity contribution in [1.29, 1.82) is 0 Å². The van der Waals surface area contributed by atoms with E-state index in [-0.39, 0.29) is 5.91 Å². The highest BCUT2D eigenvalue weighted by atomic mass is 16.2. The zero-order valence-corrected chi connectivity index (χ0v) is 16.4. The van der Waals surface area contributed by atoms with Gasteiger partial charge in [-0.15, -0.1) is 0 Å². The molecule has 1 amide bonds. The molecule has 2 aromatic carbocycles. The van der Waals surface area contributed by atoms with Gasteiger partial charge in [-0.25, -0.2) is 4.98 Å². The molecule has 5 rings (SSSR count). The van der Waals surface area contributed by atoms with Crippen LogP contribution in [0.15, 0.2) is 61.1 Å². The zero-order valence-electron chi connectivity index (χ0n) is 16.4. The zero-order chi connectivity index (χ0) is 19.8. The van der Waals surface area contributed by atoms with Crippen molar-refractivity contribution in [1.82, 2.24) is 19.3 Å². The Morgan fingerprint density at radius 1 is 1.14 bits per heavy atom. The van der Waals surface area contributed by atoms with E-state index in [9.17, 15) is 4.79 Å². The lowest BCUT2D eigenvalue weighted by Gasteiger charge is -2.25. The summed E-state index contributed by atoms with van der Waals surface area (Å²) < 4.78 is 3.81. The van der Waals surface area contributed by atoms with Crippen molar-refractivity contribution in [3.63, 3.8) is 0 Å². The lowest BCUT2D eigenvalue weighted by atomic mass is 9.80. The van der Waals surface area contributed by atoms with E-state index in [4.69, 9.17) is 0 Å². The van der Waals surface area contributed by atoms with E-state index >= 15 is 0 Å². The molecule has 0 aliphatic heterocycles. The van der Waals surface area contributed by atoms with Gasteiger partial charge in [-0.2, -0.15) is 5.10 Å². The number of carbonyl (C=O) groups is 1. The number of rotatable bonds is 5. The molecule has 146 valence electrons. The number of aromatic nitrogens is 4. The van der Waals surface area contributed by atoms with Gasteiger partial charge >= 0.3 is 0 Å². The molecule has 6 nitrogen and oxygen atoms in total. The highest BCUT2D eigenvalue weighted by Gasteiger charge is 2.27. The Hall–Kier alpha value is -3.41. The highest BCUT2D eigenvalue weighted by Crippen LogP contribution is 2.38. The van der Waals surface area contributed by atoms with Gasteiger partial charge in [-0.1, -0.05) is 30.7 Å². The Kier molecular flexibility index (Phi) is 4.39. The second-order valence-corrected chi connectivity index (χ2v) is 7.71. The van der Waals surface area contributed by atoms with E-state index in [0.717, 1.165) is 47.2 Å². The largest absolute Gasteiger partial charge is 0.326 e. The Labute approximate surface area is 169 Å². The smallest absolute Gasteiger partial charge is 0.274 e. The average Bonchev–Trinajstić information content (AvgIpc) is 3.26. The number of para-hydroxylation sites is 2. The van der Waals surface area contributed by atoms with Gasteiger partial charge in [-0.3, -0.25) is 9.48 Å². The van der Waals surface area contributed by atoms with Crippen molar-refractivity contribution < 1.29 is 4.79 Å². The van der Waals surface area contributed by atoms with Crippen LogP contribution >= 0.6 is 0 Å². The van der Waals surface area contributed by atoms with Gasteiger partial charge in [0.05, 0.1) is 23.6 Å². The summed E-state index contributed by atoms with van der Waals surface area (Å²) in [7, 11) is 1.83.